The highest BCUT2D eigenvalue weighted by Gasteiger charge is 2.22. The molecule has 0 saturated carbocycles. The molecule has 0 N–H and O–H groups in total. The number of nitrogens with zero attached hydrogens (tertiary/aromatic N) is 4. The summed E-state index contributed by atoms with van der Waals surface area (Å²) in [6.07, 6.45) is 1.74. The van der Waals surface area contributed by atoms with Crippen LogP contribution in [0, 0.1) is 0 Å². The van der Waals surface area contributed by atoms with E-state index in [4.69, 9.17) is 14.5 Å². The second kappa shape index (κ2) is 7.39. The molecule has 29 heavy (non-hydrogen) atoms. The molecule has 4 rings (SSSR count). The fourth-order valence-corrected chi connectivity index (χ4v) is 3.48. The maximum Gasteiger partial charge on any atom is 0.254 e. The molecule has 3 heterocycles. The second-order valence-corrected chi connectivity index (χ2v) is 8.02. The molecule has 0 fully saturated rings. The summed E-state index contributed by atoms with van der Waals surface area (Å²) in [5.74, 6) is 1.61. The van der Waals surface area contributed by atoms with Crippen LogP contribution in [0.15, 0.2) is 30.5 Å². The first kappa shape index (κ1) is 19.2. The summed E-state index contributed by atoms with van der Waals surface area (Å²) in [5.41, 5.74) is 3.26. The van der Waals surface area contributed by atoms with Crippen molar-refractivity contribution in [2.24, 2.45) is 0 Å². The van der Waals surface area contributed by atoms with Crippen LogP contribution in [-0.4, -0.2) is 39.4 Å². The number of hydrogen-bond acceptors (Lipinski definition) is 5. The Hall–Kier alpha value is -3.09. The van der Waals surface area contributed by atoms with Crippen LogP contribution in [-0.2, 0) is 6.54 Å². The molecule has 1 aromatic carbocycles. The monoisotopic (exact) mass is 394 g/mol. The Bertz CT molecular complexity index is 1070. The maximum absolute atomic E-state index is 13.4. The largest absolute Gasteiger partial charge is 0.454 e. The summed E-state index contributed by atoms with van der Waals surface area (Å²) in [5, 5.41) is 5.26. The predicted molar refractivity (Wildman–Crippen MR) is 110 cm³/mol. The van der Waals surface area contributed by atoms with Crippen molar-refractivity contribution in [2.45, 2.75) is 46.2 Å². The van der Waals surface area contributed by atoms with E-state index >= 15 is 0 Å². The van der Waals surface area contributed by atoms with Crippen molar-refractivity contribution in [1.82, 2.24) is 19.7 Å². The van der Waals surface area contributed by atoms with Gasteiger partial charge >= 0.3 is 0 Å². The first-order valence-corrected chi connectivity index (χ1v) is 9.87. The number of aromatic nitrogens is 3. The summed E-state index contributed by atoms with van der Waals surface area (Å²) in [7, 11) is 1.81. The number of hydrogen-bond donors (Lipinski definition) is 0. The lowest BCUT2D eigenvalue weighted by Crippen LogP contribution is -2.26. The Balaban J connectivity index is 1.68. The van der Waals surface area contributed by atoms with E-state index in [2.05, 4.69) is 32.8 Å². The lowest BCUT2D eigenvalue weighted by molar-refractivity contribution is 0.0786. The van der Waals surface area contributed by atoms with Crippen LogP contribution in [0.1, 0.15) is 61.3 Å². The van der Waals surface area contributed by atoms with Crippen molar-refractivity contribution in [3.8, 4) is 11.5 Å². The van der Waals surface area contributed by atoms with Crippen molar-refractivity contribution in [2.75, 3.05) is 13.8 Å². The molecular formula is C22H26N4O3. The molecule has 0 spiro atoms. The van der Waals surface area contributed by atoms with Crippen molar-refractivity contribution in [1.29, 1.82) is 0 Å². The van der Waals surface area contributed by atoms with Gasteiger partial charge in [0, 0.05) is 25.3 Å². The minimum atomic E-state index is -0.0553. The number of rotatable bonds is 5. The number of amides is 1. The van der Waals surface area contributed by atoms with E-state index in [9.17, 15) is 4.79 Å². The van der Waals surface area contributed by atoms with Gasteiger partial charge in [-0.25, -0.2) is 9.67 Å². The van der Waals surface area contributed by atoms with Gasteiger partial charge in [0.05, 0.1) is 17.1 Å². The minimum absolute atomic E-state index is 0.0553. The molecule has 1 amide bonds. The van der Waals surface area contributed by atoms with Crippen molar-refractivity contribution >= 4 is 16.9 Å². The lowest BCUT2D eigenvalue weighted by Gasteiger charge is -2.19. The Labute approximate surface area is 170 Å². The number of fused-ring (bicyclic) bond motifs is 2. The predicted octanol–water partition coefficient (Wildman–Crippen LogP) is 4.14. The molecule has 0 saturated heterocycles. The summed E-state index contributed by atoms with van der Waals surface area (Å²) in [4.78, 5) is 19.8. The van der Waals surface area contributed by atoms with Gasteiger partial charge in [0.25, 0.3) is 5.91 Å². The number of pyridine rings is 1. The third kappa shape index (κ3) is 3.52. The Morgan fingerprint density at radius 2 is 1.93 bits per heavy atom. The second-order valence-electron chi connectivity index (χ2n) is 8.02. The van der Waals surface area contributed by atoms with E-state index in [1.54, 1.807) is 18.1 Å². The molecule has 0 aliphatic carbocycles. The molecule has 7 heteroatoms. The van der Waals surface area contributed by atoms with Crippen molar-refractivity contribution in [3.63, 3.8) is 0 Å². The van der Waals surface area contributed by atoms with Crippen LogP contribution in [0.2, 0.25) is 0 Å². The van der Waals surface area contributed by atoms with E-state index in [0.29, 0.717) is 12.1 Å². The lowest BCUT2D eigenvalue weighted by atomic mass is 10.0. The molecule has 152 valence electrons. The molecule has 7 nitrogen and oxygen atoms in total. The number of ether oxygens (including phenoxy) is 2. The van der Waals surface area contributed by atoms with E-state index in [1.807, 2.05) is 28.9 Å². The third-order valence-corrected chi connectivity index (χ3v) is 5.10. The molecule has 0 bridgehead atoms. The average molecular weight is 394 g/mol. The van der Waals surface area contributed by atoms with Gasteiger partial charge in [0.2, 0.25) is 6.79 Å². The van der Waals surface area contributed by atoms with Crippen LogP contribution in [0.4, 0.5) is 0 Å². The third-order valence-electron chi connectivity index (χ3n) is 5.10. The maximum atomic E-state index is 13.4. The molecule has 1 aliphatic heterocycles. The quantitative estimate of drug-likeness (QED) is 0.651. The van der Waals surface area contributed by atoms with Gasteiger partial charge in [-0.2, -0.15) is 5.10 Å². The van der Waals surface area contributed by atoms with Gasteiger partial charge in [-0.1, -0.05) is 19.9 Å². The summed E-state index contributed by atoms with van der Waals surface area (Å²) in [6, 6.07) is 7.82. The Morgan fingerprint density at radius 3 is 2.66 bits per heavy atom. The van der Waals surface area contributed by atoms with Crippen molar-refractivity contribution in [3.05, 3.63) is 47.3 Å². The molecule has 3 aromatic rings. The Kier molecular flexibility index (Phi) is 4.90. The summed E-state index contributed by atoms with van der Waals surface area (Å²) >= 11 is 0. The molecule has 2 aromatic heterocycles. The van der Waals surface area contributed by atoms with E-state index < -0.39 is 0 Å². The van der Waals surface area contributed by atoms with Crippen LogP contribution >= 0.6 is 0 Å². The fourth-order valence-electron chi connectivity index (χ4n) is 3.48. The van der Waals surface area contributed by atoms with Gasteiger partial charge in [-0.3, -0.25) is 4.79 Å². The van der Waals surface area contributed by atoms with E-state index in [0.717, 1.165) is 33.8 Å². The zero-order valence-electron chi connectivity index (χ0n) is 17.5. The smallest absolute Gasteiger partial charge is 0.254 e. The first-order chi connectivity index (χ1) is 13.8. The summed E-state index contributed by atoms with van der Waals surface area (Å²) in [6.45, 7) is 8.98. The SMILES string of the molecule is CC(C)c1cc(C(=O)N(C)Cc2ccc3c(c2)OCO3)c2cnn(C(C)C)c2n1. The van der Waals surface area contributed by atoms with Crippen LogP contribution < -0.4 is 9.47 Å². The fraction of sp³-hybridized carbons (Fsp3) is 0.409. The van der Waals surface area contributed by atoms with E-state index in [-0.39, 0.29) is 24.7 Å². The molecule has 0 unspecified atom stereocenters. The molecule has 0 radical (unpaired) electrons. The van der Waals surface area contributed by atoms with Gasteiger partial charge in [0.15, 0.2) is 17.1 Å². The number of carbonyl (C=O) groups is 1. The normalized spacial score (nSPS) is 12.9. The summed E-state index contributed by atoms with van der Waals surface area (Å²) < 4.78 is 12.7. The molecule has 0 atom stereocenters. The average Bonchev–Trinajstić information content (AvgIpc) is 3.32. The highest BCUT2D eigenvalue weighted by atomic mass is 16.7. The minimum Gasteiger partial charge on any atom is -0.454 e. The molecule has 1 aliphatic rings. The first-order valence-electron chi connectivity index (χ1n) is 9.87. The van der Waals surface area contributed by atoms with Gasteiger partial charge in [-0.15, -0.1) is 0 Å². The Morgan fingerprint density at radius 1 is 1.17 bits per heavy atom. The highest BCUT2D eigenvalue weighted by Crippen LogP contribution is 2.33. The van der Waals surface area contributed by atoms with Crippen LogP contribution in [0.25, 0.3) is 11.0 Å². The topological polar surface area (TPSA) is 69.5 Å². The zero-order chi connectivity index (χ0) is 20.7. The van der Waals surface area contributed by atoms with Crippen molar-refractivity contribution < 1.29 is 14.3 Å². The van der Waals surface area contributed by atoms with Crippen LogP contribution in [0.3, 0.4) is 0 Å². The van der Waals surface area contributed by atoms with Gasteiger partial charge in [0.1, 0.15) is 0 Å². The standard InChI is InChI=1S/C22H26N4O3/c1-13(2)18-9-16(17-10-23-26(14(3)4)21(17)24-18)22(27)25(5)11-15-6-7-19-20(8-15)29-12-28-19/h6-10,13-14H,11-12H2,1-5H3. The van der Waals surface area contributed by atoms with Gasteiger partial charge in [-0.05, 0) is 43.5 Å². The zero-order valence-corrected chi connectivity index (χ0v) is 17.5. The highest BCUT2D eigenvalue weighted by molar-refractivity contribution is 6.05. The number of carbonyl (C=O) groups excluding carboxylic acids is 1. The molecular weight excluding hydrogens is 368 g/mol. The van der Waals surface area contributed by atoms with E-state index in [1.165, 1.54) is 0 Å². The van der Waals surface area contributed by atoms with Gasteiger partial charge < -0.3 is 14.4 Å². The number of benzene rings is 1. The van der Waals surface area contributed by atoms with Crippen LogP contribution in [0.5, 0.6) is 11.5 Å².